The normalized spacial score (nSPS) is 16.6. The molecule has 3 N–H and O–H groups in total. The Labute approximate surface area is 134 Å². The number of amides is 1. The molecule has 0 spiro atoms. The van der Waals surface area contributed by atoms with Gasteiger partial charge in [-0.15, -0.1) is 12.4 Å². The van der Waals surface area contributed by atoms with E-state index in [0.717, 1.165) is 41.7 Å². The van der Waals surface area contributed by atoms with E-state index in [1.807, 2.05) is 25.1 Å². The van der Waals surface area contributed by atoms with E-state index < -0.39 is 0 Å². The molecule has 20 heavy (non-hydrogen) atoms. The van der Waals surface area contributed by atoms with Gasteiger partial charge in [-0.25, -0.2) is 0 Å². The monoisotopic (exact) mass is 361 g/mol. The van der Waals surface area contributed by atoms with Gasteiger partial charge in [0.25, 0.3) is 0 Å². The van der Waals surface area contributed by atoms with Crippen molar-refractivity contribution in [3.63, 3.8) is 0 Å². The average Bonchev–Trinajstić information content (AvgIpc) is 2.36. The lowest BCUT2D eigenvalue weighted by atomic mass is 10.1. The van der Waals surface area contributed by atoms with Crippen LogP contribution in [0.1, 0.15) is 18.4 Å². The first kappa shape index (κ1) is 17.4. The quantitative estimate of drug-likeness (QED) is 0.869. The molecule has 1 fully saturated rings. The lowest BCUT2D eigenvalue weighted by Gasteiger charge is -2.29. The van der Waals surface area contributed by atoms with Crippen LogP contribution in [0.3, 0.4) is 0 Å². The largest absolute Gasteiger partial charge is 0.328 e. The van der Waals surface area contributed by atoms with Gasteiger partial charge in [0.05, 0.1) is 12.2 Å². The molecule has 1 aliphatic heterocycles. The number of nitrogens with one attached hydrogen (secondary N) is 1. The maximum absolute atomic E-state index is 12.0. The van der Waals surface area contributed by atoms with Gasteiger partial charge in [0.1, 0.15) is 0 Å². The molecule has 0 aliphatic carbocycles. The van der Waals surface area contributed by atoms with Crippen LogP contribution in [-0.4, -0.2) is 36.5 Å². The first-order chi connectivity index (χ1) is 9.04. The molecule has 1 amide bonds. The van der Waals surface area contributed by atoms with E-state index in [0.29, 0.717) is 12.6 Å². The molecule has 0 aromatic heterocycles. The zero-order chi connectivity index (χ0) is 13.8. The van der Waals surface area contributed by atoms with Crippen LogP contribution >= 0.6 is 28.3 Å². The van der Waals surface area contributed by atoms with Crippen molar-refractivity contribution in [1.82, 2.24) is 4.90 Å². The Hall–Kier alpha value is -0.620. The second kappa shape index (κ2) is 7.98. The van der Waals surface area contributed by atoms with Crippen LogP contribution in [0.4, 0.5) is 5.69 Å². The van der Waals surface area contributed by atoms with Crippen LogP contribution < -0.4 is 11.1 Å². The zero-order valence-electron chi connectivity index (χ0n) is 11.6. The number of nitrogens with two attached hydrogens (primary N) is 1. The van der Waals surface area contributed by atoms with Crippen molar-refractivity contribution in [2.24, 2.45) is 5.73 Å². The van der Waals surface area contributed by atoms with Gasteiger partial charge in [-0.1, -0.05) is 6.07 Å². The average molecular weight is 363 g/mol. The van der Waals surface area contributed by atoms with Gasteiger partial charge in [0.2, 0.25) is 5.91 Å². The van der Waals surface area contributed by atoms with Gasteiger partial charge in [0, 0.05) is 23.6 Å². The van der Waals surface area contributed by atoms with Crippen LogP contribution in [0.15, 0.2) is 22.7 Å². The molecule has 1 heterocycles. The number of carbonyl (C=O) groups is 1. The Morgan fingerprint density at radius 2 is 2.10 bits per heavy atom. The molecule has 1 saturated heterocycles. The number of likely N-dealkylation sites (tertiary alicyclic amines) is 1. The molecule has 0 saturated carbocycles. The number of benzene rings is 1. The Bertz CT molecular complexity index is 462. The van der Waals surface area contributed by atoms with E-state index in [2.05, 4.69) is 26.1 Å². The van der Waals surface area contributed by atoms with Gasteiger partial charge < -0.3 is 11.1 Å². The summed E-state index contributed by atoms with van der Waals surface area (Å²) in [5.41, 5.74) is 7.84. The van der Waals surface area contributed by atoms with Crippen LogP contribution in [0.5, 0.6) is 0 Å². The third-order valence-electron chi connectivity index (χ3n) is 3.40. The molecular weight excluding hydrogens is 342 g/mol. The fourth-order valence-corrected chi connectivity index (χ4v) is 2.82. The van der Waals surface area contributed by atoms with E-state index in [-0.39, 0.29) is 18.3 Å². The van der Waals surface area contributed by atoms with Crippen LogP contribution in [0.25, 0.3) is 0 Å². The van der Waals surface area contributed by atoms with Gasteiger partial charge in [0.15, 0.2) is 0 Å². The Morgan fingerprint density at radius 3 is 2.70 bits per heavy atom. The Balaban J connectivity index is 0.00000200. The summed E-state index contributed by atoms with van der Waals surface area (Å²) in [5, 5.41) is 2.94. The smallest absolute Gasteiger partial charge is 0.238 e. The summed E-state index contributed by atoms with van der Waals surface area (Å²) in [6.07, 6.45) is 1.95. The minimum absolute atomic E-state index is 0. The fourth-order valence-electron chi connectivity index (χ4n) is 2.23. The summed E-state index contributed by atoms with van der Waals surface area (Å²) in [6.45, 7) is 4.27. The molecule has 0 radical (unpaired) electrons. The first-order valence-electron chi connectivity index (χ1n) is 6.58. The summed E-state index contributed by atoms with van der Waals surface area (Å²) >= 11 is 3.46. The number of rotatable bonds is 3. The third-order valence-corrected chi connectivity index (χ3v) is 4.05. The molecule has 4 nitrogen and oxygen atoms in total. The standard InChI is InChI=1S/C14H20BrN3O.ClH/c1-10-2-3-13(12(15)8-10)17-14(19)9-18-6-4-11(16)5-7-18;/h2-3,8,11H,4-7,9,16H2,1H3,(H,17,19);1H. The van der Waals surface area contributed by atoms with Gasteiger partial charge >= 0.3 is 0 Å². The topological polar surface area (TPSA) is 58.4 Å². The van der Waals surface area contributed by atoms with Crippen molar-refractivity contribution in [1.29, 1.82) is 0 Å². The molecule has 0 unspecified atom stereocenters. The van der Waals surface area contributed by atoms with E-state index in [4.69, 9.17) is 5.73 Å². The minimum Gasteiger partial charge on any atom is -0.328 e. The summed E-state index contributed by atoms with van der Waals surface area (Å²) in [5.74, 6) is 0.0278. The van der Waals surface area contributed by atoms with Gasteiger partial charge in [-0.2, -0.15) is 0 Å². The minimum atomic E-state index is 0. The first-order valence-corrected chi connectivity index (χ1v) is 7.38. The lowest BCUT2D eigenvalue weighted by Crippen LogP contribution is -2.43. The highest BCUT2D eigenvalue weighted by atomic mass is 79.9. The van der Waals surface area contributed by atoms with E-state index in [1.54, 1.807) is 0 Å². The highest BCUT2D eigenvalue weighted by Gasteiger charge is 2.18. The summed E-state index contributed by atoms with van der Waals surface area (Å²) < 4.78 is 0.918. The van der Waals surface area contributed by atoms with Crippen LogP contribution in [0, 0.1) is 6.92 Å². The molecule has 6 heteroatoms. The number of halogens is 2. The predicted molar refractivity (Wildman–Crippen MR) is 88.4 cm³/mol. The number of carbonyl (C=O) groups excluding carboxylic acids is 1. The number of anilines is 1. The molecular formula is C14H21BrClN3O. The van der Waals surface area contributed by atoms with E-state index in [1.165, 1.54) is 0 Å². The van der Waals surface area contributed by atoms with Crippen molar-refractivity contribution in [2.75, 3.05) is 25.0 Å². The Kier molecular flexibility index (Phi) is 6.95. The molecule has 0 bridgehead atoms. The Morgan fingerprint density at radius 1 is 1.45 bits per heavy atom. The second-order valence-corrected chi connectivity index (χ2v) is 6.00. The van der Waals surface area contributed by atoms with E-state index in [9.17, 15) is 4.79 Å². The fraction of sp³-hybridized carbons (Fsp3) is 0.500. The van der Waals surface area contributed by atoms with Crippen molar-refractivity contribution >= 4 is 39.9 Å². The van der Waals surface area contributed by atoms with Crippen LogP contribution in [-0.2, 0) is 4.79 Å². The highest BCUT2D eigenvalue weighted by Crippen LogP contribution is 2.23. The predicted octanol–water partition coefficient (Wildman–Crippen LogP) is 2.54. The third kappa shape index (κ3) is 5.05. The SMILES string of the molecule is Cc1ccc(NC(=O)CN2CCC(N)CC2)c(Br)c1.Cl. The van der Waals surface area contributed by atoms with Crippen molar-refractivity contribution < 1.29 is 4.79 Å². The number of nitrogens with zero attached hydrogens (tertiary/aromatic N) is 1. The summed E-state index contributed by atoms with van der Waals surface area (Å²) in [7, 11) is 0. The van der Waals surface area contributed by atoms with E-state index >= 15 is 0 Å². The van der Waals surface area contributed by atoms with Gasteiger partial charge in [-0.3, -0.25) is 9.69 Å². The molecule has 1 aromatic carbocycles. The van der Waals surface area contributed by atoms with Crippen LogP contribution in [0.2, 0.25) is 0 Å². The maximum Gasteiger partial charge on any atom is 0.238 e. The molecule has 1 aromatic rings. The maximum atomic E-state index is 12.0. The highest BCUT2D eigenvalue weighted by molar-refractivity contribution is 9.10. The molecule has 1 aliphatic rings. The summed E-state index contributed by atoms with van der Waals surface area (Å²) in [6, 6.07) is 6.20. The molecule has 0 atom stereocenters. The number of hydrogen-bond donors (Lipinski definition) is 2. The molecule has 112 valence electrons. The van der Waals surface area contributed by atoms with Gasteiger partial charge in [-0.05, 0) is 53.4 Å². The number of hydrogen-bond acceptors (Lipinski definition) is 3. The van der Waals surface area contributed by atoms with Crippen molar-refractivity contribution in [2.45, 2.75) is 25.8 Å². The van der Waals surface area contributed by atoms with Crippen molar-refractivity contribution in [3.05, 3.63) is 28.2 Å². The second-order valence-electron chi connectivity index (χ2n) is 5.15. The number of aryl methyl sites for hydroxylation is 1. The molecule has 2 rings (SSSR count). The zero-order valence-corrected chi connectivity index (χ0v) is 14.0. The number of piperidine rings is 1. The van der Waals surface area contributed by atoms with Crippen molar-refractivity contribution in [3.8, 4) is 0 Å². The summed E-state index contributed by atoms with van der Waals surface area (Å²) in [4.78, 5) is 14.1. The lowest BCUT2D eigenvalue weighted by molar-refractivity contribution is -0.117.